The molecule has 4 N–H and O–H groups in total. The zero-order chi connectivity index (χ0) is 37.2. The van der Waals surface area contributed by atoms with Crippen molar-refractivity contribution in [2.45, 2.75) is 91.1 Å². The zero-order valence-electron chi connectivity index (χ0n) is 30.6. The van der Waals surface area contributed by atoms with Crippen LogP contribution in [0.15, 0.2) is 72.8 Å². The van der Waals surface area contributed by atoms with Crippen LogP contribution in [0.1, 0.15) is 89.5 Å². The predicted octanol–water partition coefficient (Wildman–Crippen LogP) is 6.65. The molecule has 0 fully saturated rings. The second-order valence-corrected chi connectivity index (χ2v) is 14.9. The van der Waals surface area contributed by atoms with Crippen LogP contribution in [-0.2, 0) is 33.5 Å². The van der Waals surface area contributed by atoms with E-state index in [1.807, 2.05) is 87.5 Å². The van der Waals surface area contributed by atoms with E-state index in [0.717, 1.165) is 36.8 Å². The molecule has 6 aromatic rings. The summed E-state index contributed by atoms with van der Waals surface area (Å²) in [7, 11) is 0. The summed E-state index contributed by atoms with van der Waals surface area (Å²) in [6.45, 7) is 12.4. The lowest BCUT2D eigenvalue weighted by Crippen LogP contribution is -2.39. The van der Waals surface area contributed by atoms with Gasteiger partial charge in [-0.3, -0.25) is 9.59 Å². The number of carbonyl (C=O) groups is 2. The number of rotatable bonds is 11. The van der Waals surface area contributed by atoms with Gasteiger partial charge in [-0.1, -0.05) is 85.1 Å². The van der Waals surface area contributed by atoms with Crippen LogP contribution in [-0.4, -0.2) is 52.0 Å². The highest BCUT2D eigenvalue weighted by atomic mass is 16.3. The van der Waals surface area contributed by atoms with Gasteiger partial charge in [0.1, 0.15) is 44.9 Å². The lowest BCUT2D eigenvalue weighted by Gasteiger charge is -2.27. The fourth-order valence-electron chi connectivity index (χ4n) is 6.16. The Morgan fingerprint density at radius 1 is 0.635 bits per heavy atom. The summed E-state index contributed by atoms with van der Waals surface area (Å²) in [5.74, 6) is -1.97. The second kappa shape index (κ2) is 14.5. The van der Waals surface area contributed by atoms with E-state index in [1.54, 1.807) is 6.07 Å². The number of benzene rings is 4. The number of hydrogen-bond donors (Lipinski definition) is 4. The van der Waals surface area contributed by atoms with Crippen LogP contribution in [0.3, 0.4) is 0 Å². The smallest absolute Gasteiger partial charge is 0.309 e. The molecule has 2 aromatic heterocycles. The SMILES string of the molecule is CCCCCC(C)(C)c1cc(CNC(=O)C(=O)NCc2cc(C(C)(C)C)cc(-n3nc4ccccc4n3)c2O)c(O)c(-n2nc3ccccc3n2)c1. The molecule has 270 valence electrons. The van der Waals surface area contributed by atoms with Gasteiger partial charge in [0.2, 0.25) is 0 Å². The van der Waals surface area contributed by atoms with Gasteiger partial charge in [-0.2, -0.15) is 0 Å². The van der Waals surface area contributed by atoms with Crippen LogP contribution < -0.4 is 10.6 Å². The van der Waals surface area contributed by atoms with Gasteiger partial charge in [-0.05, 0) is 76.9 Å². The molecule has 52 heavy (non-hydrogen) atoms. The van der Waals surface area contributed by atoms with E-state index in [0.29, 0.717) is 44.6 Å². The molecule has 0 spiro atoms. The molecule has 0 atom stereocenters. The molecule has 0 aliphatic carbocycles. The zero-order valence-corrected chi connectivity index (χ0v) is 30.6. The molecule has 6 rings (SSSR count). The topological polar surface area (TPSA) is 160 Å². The van der Waals surface area contributed by atoms with Gasteiger partial charge in [0.05, 0.1) is 0 Å². The predicted molar refractivity (Wildman–Crippen MR) is 201 cm³/mol. The Morgan fingerprint density at radius 2 is 1.04 bits per heavy atom. The van der Waals surface area contributed by atoms with Crippen molar-refractivity contribution in [1.29, 1.82) is 0 Å². The molecular weight excluding hydrogens is 656 g/mol. The Labute approximate surface area is 302 Å². The number of fused-ring (bicyclic) bond motifs is 2. The number of hydrogen-bond acceptors (Lipinski definition) is 8. The standard InChI is InChI=1S/C40H46N8O4/c1-7-8-13-18-40(5,6)28-20-26(36(50)34(22-28)48-45-31-16-11-12-17-32(31)46-48)24-42-38(52)37(51)41-23-25-19-27(39(2,3)4)21-33(35(25)49)47-43-29-14-9-10-15-30(29)44-47/h9-12,14-17,19-22,49-50H,7-8,13,18,23-24H2,1-6H3,(H,41,51)(H,42,52). The van der Waals surface area contributed by atoms with Gasteiger partial charge in [0.15, 0.2) is 0 Å². The fraction of sp³-hybridized carbons (Fsp3) is 0.350. The minimum absolute atomic E-state index is 0.0922. The van der Waals surface area contributed by atoms with Crippen molar-refractivity contribution in [3.63, 3.8) is 0 Å². The van der Waals surface area contributed by atoms with Gasteiger partial charge in [-0.15, -0.1) is 30.0 Å². The molecule has 4 aromatic carbocycles. The van der Waals surface area contributed by atoms with E-state index >= 15 is 0 Å². The number of phenolic OH excluding ortho intramolecular Hbond substituents is 2. The quantitative estimate of drug-likeness (QED) is 0.0862. The number of unbranched alkanes of at least 4 members (excludes halogenated alkanes) is 2. The minimum Gasteiger partial charge on any atom is -0.505 e. The Hall–Kier alpha value is -5.78. The normalized spacial score (nSPS) is 12.0. The van der Waals surface area contributed by atoms with Gasteiger partial charge in [-0.25, -0.2) is 0 Å². The molecule has 0 bridgehead atoms. The number of amides is 2. The summed E-state index contributed by atoms with van der Waals surface area (Å²) in [5, 5.41) is 46.3. The van der Waals surface area contributed by atoms with E-state index in [4.69, 9.17) is 0 Å². The number of phenols is 2. The Balaban J connectivity index is 1.22. The lowest BCUT2D eigenvalue weighted by atomic mass is 9.79. The van der Waals surface area contributed by atoms with Gasteiger partial charge < -0.3 is 20.8 Å². The molecule has 0 unspecified atom stereocenters. The highest BCUT2D eigenvalue weighted by molar-refractivity contribution is 6.35. The molecule has 0 saturated heterocycles. The molecule has 0 radical (unpaired) electrons. The van der Waals surface area contributed by atoms with Crippen LogP contribution in [0.2, 0.25) is 0 Å². The van der Waals surface area contributed by atoms with Crippen molar-refractivity contribution in [3.05, 3.63) is 95.1 Å². The van der Waals surface area contributed by atoms with Crippen LogP contribution in [0.5, 0.6) is 11.5 Å². The van der Waals surface area contributed by atoms with Crippen LogP contribution >= 0.6 is 0 Å². The Bertz CT molecular complexity index is 2200. The van der Waals surface area contributed by atoms with E-state index in [2.05, 4.69) is 51.8 Å². The second-order valence-electron chi connectivity index (χ2n) is 14.9. The highest BCUT2D eigenvalue weighted by Gasteiger charge is 2.26. The first-order chi connectivity index (χ1) is 24.7. The fourth-order valence-corrected chi connectivity index (χ4v) is 6.16. The van der Waals surface area contributed by atoms with Crippen molar-refractivity contribution in [2.24, 2.45) is 0 Å². The molecule has 12 nitrogen and oxygen atoms in total. The number of nitrogens with one attached hydrogen (secondary N) is 2. The lowest BCUT2D eigenvalue weighted by molar-refractivity contribution is -0.139. The molecule has 0 aliphatic heterocycles. The summed E-state index contributed by atoms with van der Waals surface area (Å²) < 4.78 is 0. The maximum Gasteiger partial charge on any atom is 0.309 e. The number of carbonyl (C=O) groups excluding carboxylic acids is 2. The average Bonchev–Trinajstić information content (AvgIpc) is 3.74. The maximum absolute atomic E-state index is 13.2. The van der Waals surface area contributed by atoms with Crippen molar-refractivity contribution in [1.82, 2.24) is 40.6 Å². The third-order valence-corrected chi connectivity index (χ3v) is 9.48. The van der Waals surface area contributed by atoms with Crippen LogP contribution in [0.25, 0.3) is 33.4 Å². The summed E-state index contributed by atoms with van der Waals surface area (Å²) >= 11 is 0. The molecule has 12 heteroatoms. The number of aromatic nitrogens is 6. The van der Waals surface area contributed by atoms with Crippen LogP contribution in [0, 0.1) is 0 Å². The number of aromatic hydroxyl groups is 2. The van der Waals surface area contributed by atoms with Crippen molar-refractivity contribution < 1.29 is 19.8 Å². The summed E-state index contributed by atoms with van der Waals surface area (Å²) in [6, 6.07) is 22.3. The third-order valence-electron chi connectivity index (χ3n) is 9.48. The molecule has 2 heterocycles. The summed E-state index contributed by atoms with van der Waals surface area (Å²) in [4.78, 5) is 29.1. The van der Waals surface area contributed by atoms with Gasteiger partial charge >= 0.3 is 11.8 Å². The Kier molecular flexibility index (Phi) is 10.0. The van der Waals surface area contributed by atoms with Crippen molar-refractivity contribution in [3.8, 4) is 22.9 Å². The summed E-state index contributed by atoms with van der Waals surface area (Å²) in [6.07, 6.45) is 4.17. The average molecular weight is 703 g/mol. The van der Waals surface area contributed by atoms with E-state index < -0.39 is 11.8 Å². The van der Waals surface area contributed by atoms with Gasteiger partial charge in [0.25, 0.3) is 0 Å². The maximum atomic E-state index is 13.2. The Morgan fingerprint density at radius 3 is 1.44 bits per heavy atom. The molecular formula is C40H46N8O4. The first-order valence-corrected chi connectivity index (χ1v) is 17.7. The van der Waals surface area contributed by atoms with Gasteiger partial charge in [0, 0.05) is 24.2 Å². The van der Waals surface area contributed by atoms with E-state index in [1.165, 1.54) is 9.59 Å². The number of nitrogens with zero attached hydrogens (tertiary/aromatic N) is 6. The minimum atomic E-state index is -0.888. The van der Waals surface area contributed by atoms with Crippen molar-refractivity contribution >= 4 is 33.9 Å². The van der Waals surface area contributed by atoms with E-state index in [9.17, 15) is 19.8 Å². The third kappa shape index (κ3) is 7.60. The molecule has 2 amide bonds. The van der Waals surface area contributed by atoms with Crippen molar-refractivity contribution in [2.75, 3.05) is 0 Å². The monoisotopic (exact) mass is 702 g/mol. The first kappa shape index (κ1) is 36.0. The van der Waals surface area contributed by atoms with E-state index in [-0.39, 0.29) is 35.4 Å². The van der Waals surface area contributed by atoms with Crippen LogP contribution in [0.4, 0.5) is 0 Å². The highest BCUT2D eigenvalue weighted by Crippen LogP contribution is 2.37. The summed E-state index contributed by atoms with van der Waals surface area (Å²) in [5.41, 5.74) is 5.58. The molecule has 0 aliphatic rings. The molecule has 0 saturated carbocycles. The largest absolute Gasteiger partial charge is 0.505 e. The first-order valence-electron chi connectivity index (χ1n) is 17.7.